The zero-order valence-corrected chi connectivity index (χ0v) is 12.9. The molecule has 1 atom stereocenters. The lowest BCUT2D eigenvalue weighted by molar-refractivity contribution is -0.124. The summed E-state index contributed by atoms with van der Waals surface area (Å²) in [5, 5.41) is 4.24. The summed E-state index contributed by atoms with van der Waals surface area (Å²) in [4.78, 5) is 19.5. The van der Waals surface area contributed by atoms with Crippen LogP contribution in [0.3, 0.4) is 0 Å². The molecule has 0 radical (unpaired) electrons. The summed E-state index contributed by atoms with van der Waals surface area (Å²) in [7, 11) is 0. The van der Waals surface area contributed by atoms with Crippen LogP contribution in [0.1, 0.15) is 26.2 Å². The number of thioether (sulfide) groups is 1. The number of amides is 1. The lowest BCUT2D eigenvalue weighted by atomic mass is 9.98. The lowest BCUT2D eigenvalue weighted by Crippen LogP contribution is -2.54. The van der Waals surface area contributed by atoms with E-state index in [-0.39, 0.29) is 5.91 Å². The third-order valence-electron chi connectivity index (χ3n) is 3.85. The molecule has 0 saturated heterocycles. The molecule has 3 rings (SSSR count). The topological polar surface area (TPSA) is 83.8 Å². The van der Waals surface area contributed by atoms with Crippen LogP contribution < -0.4 is 11.1 Å². The van der Waals surface area contributed by atoms with Gasteiger partial charge in [-0.15, -0.1) is 0 Å². The number of aromatic amines is 1. The summed E-state index contributed by atoms with van der Waals surface area (Å²) in [5.74, 6) is 0.513. The predicted octanol–water partition coefficient (Wildman–Crippen LogP) is 2.04. The third kappa shape index (κ3) is 3.39. The number of hydrogen-bond donors (Lipinski definition) is 3. The number of para-hydroxylation sites is 2. The molecule has 0 spiro atoms. The van der Waals surface area contributed by atoms with E-state index in [2.05, 4.69) is 15.3 Å². The number of primary amides is 1. The smallest absolute Gasteiger partial charge is 0.237 e. The number of rotatable bonds is 7. The minimum atomic E-state index is -0.625. The molecule has 112 valence electrons. The number of imidazole rings is 1. The highest BCUT2D eigenvalue weighted by Crippen LogP contribution is 2.26. The number of carbonyl (C=O) groups excluding carboxylic acids is 1. The van der Waals surface area contributed by atoms with Crippen LogP contribution in [0.25, 0.3) is 11.0 Å². The van der Waals surface area contributed by atoms with Crippen molar-refractivity contribution in [3.8, 4) is 0 Å². The van der Waals surface area contributed by atoms with Gasteiger partial charge in [-0.25, -0.2) is 4.98 Å². The fourth-order valence-electron chi connectivity index (χ4n) is 2.29. The lowest BCUT2D eigenvalue weighted by Gasteiger charge is -2.27. The fraction of sp³-hybridized carbons (Fsp3) is 0.467. The number of nitrogens with two attached hydrogens (primary N) is 1. The Morgan fingerprint density at radius 3 is 2.95 bits per heavy atom. The van der Waals surface area contributed by atoms with Gasteiger partial charge in [0.2, 0.25) is 5.91 Å². The van der Waals surface area contributed by atoms with Gasteiger partial charge in [-0.1, -0.05) is 23.9 Å². The van der Waals surface area contributed by atoms with Gasteiger partial charge in [0.15, 0.2) is 5.16 Å². The summed E-state index contributed by atoms with van der Waals surface area (Å²) in [6, 6.07) is 8.41. The molecule has 0 bridgehead atoms. The van der Waals surface area contributed by atoms with Gasteiger partial charge < -0.3 is 16.0 Å². The van der Waals surface area contributed by atoms with Crippen molar-refractivity contribution in [1.82, 2.24) is 15.3 Å². The molecule has 1 aromatic carbocycles. The largest absolute Gasteiger partial charge is 0.368 e. The molecule has 5 nitrogen and oxygen atoms in total. The standard InChI is InChI=1S/C15H20N4OS/c1-15(13(16)20,19-10-6-7-10)8-9-21-14-17-11-4-2-3-5-12(11)18-14/h2-5,10,19H,6-9H2,1H3,(H2,16,20)(H,17,18). The van der Waals surface area contributed by atoms with Gasteiger partial charge in [-0.2, -0.15) is 0 Å². The van der Waals surface area contributed by atoms with Crippen LogP contribution in [0.2, 0.25) is 0 Å². The van der Waals surface area contributed by atoms with E-state index in [0.717, 1.165) is 34.8 Å². The van der Waals surface area contributed by atoms with Gasteiger partial charge in [0.05, 0.1) is 16.6 Å². The van der Waals surface area contributed by atoms with Crippen LogP contribution in [-0.4, -0.2) is 33.2 Å². The maximum Gasteiger partial charge on any atom is 0.237 e. The van der Waals surface area contributed by atoms with Gasteiger partial charge in [0.25, 0.3) is 0 Å². The Kier molecular flexibility index (Phi) is 3.91. The molecular weight excluding hydrogens is 284 g/mol. The van der Waals surface area contributed by atoms with E-state index < -0.39 is 5.54 Å². The minimum absolute atomic E-state index is 0.278. The fourth-order valence-corrected chi connectivity index (χ4v) is 3.34. The van der Waals surface area contributed by atoms with E-state index in [1.54, 1.807) is 11.8 Å². The number of benzene rings is 1. The first-order chi connectivity index (χ1) is 10.1. The van der Waals surface area contributed by atoms with Gasteiger partial charge >= 0.3 is 0 Å². The number of aromatic nitrogens is 2. The highest BCUT2D eigenvalue weighted by molar-refractivity contribution is 7.99. The first-order valence-electron chi connectivity index (χ1n) is 7.22. The number of fused-ring (bicyclic) bond motifs is 1. The average molecular weight is 304 g/mol. The second kappa shape index (κ2) is 5.69. The van der Waals surface area contributed by atoms with Crippen molar-refractivity contribution in [3.63, 3.8) is 0 Å². The van der Waals surface area contributed by atoms with E-state index in [4.69, 9.17) is 5.73 Å². The van der Waals surface area contributed by atoms with Gasteiger partial charge in [0.1, 0.15) is 0 Å². The van der Waals surface area contributed by atoms with Crippen LogP contribution in [0, 0.1) is 0 Å². The molecule has 4 N–H and O–H groups in total. The highest BCUT2D eigenvalue weighted by atomic mass is 32.2. The quantitative estimate of drug-likeness (QED) is 0.684. The summed E-state index contributed by atoms with van der Waals surface area (Å²) in [6.45, 7) is 1.90. The van der Waals surface area contributed by atoms with Crippen LogP contribution in [-0.2, 0) is 4.79 Å². The molecule has 1 unspecified atom stereocenters. The normalized spacial score (nSPS) is 17.8. The van der Waals surface area contributed by atoms with Crippen molar-refractivity contribution in [2.75, 3.05) is 5.75 Å². The zero-order valence-electron chi connectivity index (χ0n) is 12.1. The Bertz CT molecular complexity index is 619. The number of hydrogen-bond acceptors (Lipinski definition) is 4. The Morgan fingerprint density at radius 1 is 1.52 bits per heavy atom. The molecule has 1 aliphatic carbocycles. The number of H-pyrrole nitrogens is 1. The second-order valence-electron chi connectivity index (χ2n) is 5.77. The first-order valence-corrected chi connectivity index (χ1v) is 8.20. The minimum Gasteiger partial charge on any atom is -0.368 e. The number of carbonyl (C=O) groups is 1. The van der Waals surface area contributed by atoms with Crippen molar-refractivity contribution in [3.05, 3.63) is 24.3 Å². The Morgan fingerprint density at radius 2 is 2.29 bits per heavy atom. The molecule has 21 heavy (non-hydrogen) atoms. The SMILES string of the molecule is CC(CCSc1nc2ccccc2[nH]1)(NC1CC1)C(N)=O. The monoisotopic (exact) mass is 304 g/mol. The van der Waals surface area contributed by atoms with Crippen LogP contribution >= 0.6 is 11.8 Å². The van der Waals surface area contributed by atoms with E-state index in [1.807, 2.05) is 31.2 Å². The number of nitrogens with zero attached hydrogens (tertiary/aromatic N) is 1. The summed E-state index contributed by atoms with van der Waals surface area (Å²) >= 11 is 1.62. The van der Waals surface area contributed by atoms with Crippen LogP contribution in [0.5, 0.6) is 0 Å². The van der Waals surface area contributed by atoms with Gasteiger partial charge in [-0.3, -0.25) is 4.79 Å². The van der Waals surface area contributed by atoms with E-state index in [0.29, 0.717) is 12.5 Å². The Labute approximate surface area is 128 Å². The first kappa shape index (κ1) is 14.4. The van der Waals surface area contributed by atoms with Crippen LogP contribution in [0.15, 0.2) is 29.4 Å². The summed E-state index contributed by atoms with van der Waals surface area (Å²) in [6.07, 6.45) is 2.97. The highest BCUT2D eigenvalue weighted by Gasteiger charge is 2.36. The van der Waals surface area contributed by atoms with E-state index >= 15 is 0 Å². The van der Waals surface area contributed by atoms with Crippen molar-refractivity contribution in [2.24, 2.45) is 5.73 Å². The van der Waals surface area contributed by atoms with Crippen molar-refractivity contribution < 1.29 is 4.79 Å². The molecular formula is C15H20N4OS. The molecule has 6 heteroatoms. The maximum absolute atomic E-state index is 11.7. The van der Waals surface area contributed by atoms with E-state index in [1.165, 1.54) is 0 Å². The van der Waals surface area contributed by atoms with Gasteiger partial charge in [-0.05, 0) is 38.3 Å². The molecule has 0 aliphatic heterocycles. The second-order valence-corrected chi connectivity index (χ2v) is 6.86. The maximum atomic E-state index is 11.7. The third-order valence-corrected chi connectivity index (χ3v) is 4.73. The summed E-state index contributed by atoms with van der Waals surface area (Å²) in [5.41, 5.74) is 6.93. The molecule has 1 aromatic heterocycles. The van der Waals surface area contributed by atoms with Crippen LogP contribution in [0.4, 0.5) is 0 Å². The predicted molar refractivity (Wildman–Crippen MR) is 85.2 cm³/mol. The number of nitrogens with one attached hydrogen (secondary N) is 2. The molecule has 1 fully saturated rings. The van der Waals surface area contributed by atoms with Crippen molar-refractivity contribution in [1.29, 1.82) is 0 Å². The Hall–Kier alpha value is -1.53. The summed E-state index contributed by atoms with van der Waals surface area (Å²) < 4.78 is 0. The average Bonchev–Trinajstić information content (AvgIpc) is 3.15. The molecule has 1 heterocycles. The van der Waals surface area contributed by atoms with Crippen molar-refractivity contribution >= 4 is 28.7 Å². The molecule has 1 aliphatic rings. The van der Waals surface area contributed by atoms with E-state index in [9.17, 15) is 4.79 Å². The molecule has 1 amide bonds. The zero-order chi connectivity index (χ0) is 14.9. The molecule has 1 saturated carbocycles. The van der Waals surface area contributed by atoms with Crippen molar-refractivity contribution in [2.45, 2.75) is 42.9 Å². The Balaban J connectivity index is 1.59. The molecule has 2 aromatic rings. The van der Waals surface area contributed by atoms with Gasteiger partial charge in [0, 0.05) is 11.8 Å².